The molecule has 0 saturated heterocycles. The molecular formula is C13H16N4O2. The number of nitrogens with one attached hydrogen (secondary N) is 1. The fourth-order valence-electron chi connectivity index (χ4n) is 1.43. The predicted octanol–water partition coefficient (Wildman–Crippen LogP) is 1.74. The minimum atomic E-state index is 0.0765. The maximum absolute atomic E-state index is 9.58. The van der Waals surface area contributed by atoms with Crippen LogP contribution in [0.3, 0.4) is 0 Å². The normalized spacial score (nSPS) is 10.2. The Kier molecular flexibility index (Phi) is 4.52. The number of hydrogen-bond donors (Lipinski definition) is 3. The first-order valence-electron chi connectivity index (χ1n) is 6.01. The van der Waals surface area contributed by atoms with Gasteiger partial charge < -0.3 is 20.9 Å². The highest BCUT2D eigenvalue weighted by Gasteiger charge is 2.03. The summed E-state index contributed by atoms with van der Waals surface area (Å²) in [6, 6.07) is 6.73. The zero-order valence-corrected chi connectivity index (χ0v) is 10.4. The molecule has 100 valence electrons. The summed E-state index contributed by atoms with van der Waals surface area (Å²) in [6.07, 6.45) is 3.95. The summed E-state index contributed by atoms with van der Waals surface area (Å²) in [5, 5.41) is 12.6. The first-order valence-corrected chi connectivity index (χ1v) is 6.01. The van der Waals surface area contributed by atoms with Gasteiger partial charge >= 0.3 is 0 Å². The van der Waals surface area contributed by atoms with Gasteiger partial charge in [-0.25, -0.2) is 9.97 Å². The Morgan fingerprint density at radius 2 is 1.95 bits per heavy atom. The third-order valence-corrected chi connectivity index (χ3v) is 2.39. The number of anilines is 1. The molecule has 0 spiro atoms. The molecule has 2 rings (SSSR count). The molecule has 0 fully saturated rings. The molecule has 6 heteroatoms. The van der Waals surface area contributed by atoms with E-state index in [0.717, 1.165) is 13.0 Å². The number of ether oxygens (including phenoxy) is 1. The molecule has 0 atom stereocenters. The second-order valence-electron chi connectivity index (χ2n) is 3.88. The van der Waals surface area contributed by atoms with Crippen molar-refractivity contribution in [1.82, 2.24) is 9.97 Å². The van der Waals surface area contributed by atoms with Crippen molar-refractivity contribution in [1.29, 1.82) is 0 Å². The summed E-state index contributed by atoms with van der Waals surface area (Å²) in [7, 11) is 0. The lowest BCUT2D eigenvalue weighted by atomic mass is 10.3. The molecule has 0 saturated carbocycles. The summed E-state index contributed by atoms with van der Waals surface area (Å²) in [5.74, 6) is 1.44. The van der Waals surface area contributed by atoms with Gasteiger partial charge in [-0.15, -0.1) is 0 Å². The van der Waals surface area contributed by atoms with Crippen LogP contribution in [0.15, 0.2) is 36.7 Å². The van der Waals surface area contributed by atoms with Gasteiger partial charge in [-0.05, 0) is 25.1 Å². The van der Waals surface area contributed by atoms with Crippen molar-refractivity contribution < 1.29 is 9.84 Å². The molecule has 0 unspecified atom stereocenters. The van der Waals surface area contributed by atoms with Gasteiger partial charge in [0.1, 0.15) is 0 Å². The molecule has 0 aliphatic rings. The number of nitrogens with two attached hydrogens (primary N) is 1. The standard InChI is InChI=1S/C13H16N4O2/c14-6-3-7-15-13-16-8-10(9-17-13)19-12-5-2-1-4-11(12)18/h1-2,4-5,8-9,18H,3,6-7,14H2,(H,15,16,17). The van der Waals surface area contributed by atoms with Crippen LogP contribution in [0.25, 0.3) is 0 Å². The third kappa shape index (κ3) is 3.82. The molecule has 0 aliphatic carbocycles. The number of para-hydroxylation sites is 2. The van der Waals surface area contributed by atoms with E-state index in [9.17, 15) is 5.11 Å². The lowest BCUT2D eigenvalue weighted by Gasteiger charge is -2.07. The molecule has 0 bridgehead atoms. The number of phenols is 1. The van der Waals surface area contributed by atoms with E-state index in [2.05, 4.69) is 15.3 Å². The van der Waals surface area contributed by atoms with Crippen molar-refractivity contribution >= 4 is 5.95 Å². The average Bonchev–Trinajstić information content (AvgIpc) is 2.44. The monoisotopic (exact) mass is 260 g/mol. The van der Waals surface area contributed by atoms with Crippen molar-refractivity contribution in [2.75, 3.05) is 18.4 Å². The van der Waals surface area contributed by atoms with Crippen LogP contribution in [0, 0.1) is 0 Å². The molecule has 0 aliphatic heterocycles. The van der Waals surface area contributed by atoms with Crippen molar-refractivity contribution in [3.63, 3.8) is 0 Å². The molecule has 6 nitrogen and oxygen atoms in total. The van der Waals surface area contributed by atoms with E-state index in [1.165, 1.54) is 0 Å². The highest BCUT2D eigenvalue weighted by atomic mass is 16.5. The van der Waals surface area contributed by atoms with E-state index in [0.29, 0.717) is 24.0 Å². The zero-order chi connectivity index (χ0) is 13.5. The Balaban J connectivity index is 1.97. The van der Waals surface area contributed by atoms with Gasteiger partial charge in [0.05, 0.1) is 12.4 Å². The predicted molar refractivity (Wildman–Crippen MR) is 72.4 cm³/mol. The highest BCUT2D eigenvalue weighted by molar-refractivity contribution is 5.41. The van der Waals surface area contributed by atoms with E-state index >= 15 is 0 Å². The molecule has 4 N–H and O–H groups in total. The number of aromatic hydroxyl groups is 1. The molecule has 2 aromatic rings. The zero-order valence-electron chi connectivity index (χ0n) is 10.4. The Hall–Kier alpha value is -2.34. The maximum atomic E-state index is 9.58. The fourth-order valence-corrected chi connectivity index (χ4v) is 1.43. The first-order chi connectivity index (χ1) is 9.29. The van der Waals surface area contributed by atoms with Crippen LogP contribution in [0.5, 0.6) is 17.2 Å². The highest BCUT2D eigenvalue weighted by Crippen LogP contribution is 2.29. The second kappa shape index (κ2) is 6.55. The Morgan fingerprint density at radius 3 is 2.63 bits per heavy atom. The third-order valence-electron chi connectivity index (χ3n) is 2.39. The maximum Gasteiger partial charge on any atom is 0.222 e. The summed E-state index contributed by atoms with van der Waals surface area (Å²) in [6.45, 7) is 1.36. The second-order valence-corrected chi connectivity index (χ2v) is 3.88. The van der Waals surface area contributed by atoms with Crippen LogP contribution in [0.1, 0.15) is 6.42 Å². The van der Waals surface area contributed by atoms with Gasteiger partial charge in [0.15, 0.2) is 17.2 Å². The van der Waals surface area contributed by atoms with Crippen molar-refractivity contribution in [3.8, 4) is 17.2 Å². The molecule has 1 aromatic carbocycles. The van der Waals surface area contributed by atoms with Gasteiger partial charge in [-0.2, -0.15) is 0 Å². The average molecular weight is 260 g/mol. The van der Waals surface area contributed by atoms with Crippen molar-refractivity contribution in [2.45, 2.75) is 6.42 Å². The molecular weight excluding hydrogens is 244 g/mol. The van der Waals surface area contributed by atoms with Crippen LogP contribution < -0.4 is 15.8 Å². The van der Waals surface area contributed by atoms with E-state index in [-0.39, 0.29) is 5.75 Å². The van der Waals surface area contributed by atoms with Crippen LogP contribution in [0.4, 0.5) is 5.95 Å². The summed E-state index contributed by atoms with van der Waals surface area (Å²) < 4.78 is 5.47. The smallest absolute Gasteiger partial charge is 0.222 e. The van der Waals surface area contributed by atoms with Crippen molar-refractivity contribution in [2.24, 2.45) is 5.73 Å². The number of aromatic nitrogens is 2. The molecule has 0 radical (unpaired) electrons. The molecule has 19 heavy (non-hydrogen) atoms. The number of phenolic OH excluding ortho intramolecular Hbond substituents is 1. The number of rotatable bonds is 6. The number of hydrogen-bond acceptors (Lipinski definition) is 6. The molecule has 1 heterocycles. The van der Waals surface area contributed by atoms with Crippen LogP contribution in [-0.2, 0) is 0 Å². The van der Waals surface area contributed by atoms with E-state index in [1.807, 2.05) is 0 Å². The minimum Gasteiger partial charge on any atom is -0.504 e. The summed E-state index contributed by atoms with van der Waals surface area (Å²) >= 11 is 0. The van der Waals surface area contributed by atoms with Crippen LogP contribution >= 0.6 is 0 Å². The fraction of sp³-hybridized carbons (Fsp3) is 0.231. The quantitative estimate of drug-likeness (QED) is 0.685. The number of benzene rings is 1. The van der Waals surface area contributed by atoms with E-state index in [1.54, 1.807) is 36.7 Å². The minimum absolute atomic E-state index is 0.0765. The SMILES string of the molecule is NCCCNc1ncc(Oc2ccccc2O)cn1. The Morgan fingerprint density at radius 1 is 1.21 bits per heavy atom. The molecule has 0 amide bonds. The molecule has 1 aromatic heterocycles. The van der Waals surface area contributed by atoms with Gasteiger partial charge in [-0.3, -0.25) is 0 Å². The van der Waals surface area contributed by atoms with Gasteiger partial charge in [0.25, 0.3) is 0 Å². The number of nitrogens with zero attached hydrogens (tertiary/aromatic N) is 2. The van der Waals surface area contributed by atoms with E-state index in [4.69, 9.17) is 10.5 Å². The van der Waals surface area contributed by atoms with Gasteiger partial charge in [0.2, 0.25) is 5.95 Å². The topological polar surface area (TPSA) is 93.3 Å². The van der Waals surface area contributed by atoms with Gasteiger partial charge in [0, 0.05) is 6.54 Å². The summed E-state index contributed by atoms with van der Waals surface area (Å²) in [5.41, 5.74) is 5.39. The lowest BCUT2D eigenvalue weighted by Crippen LogP contribution is -2.10. The van der Waals surface area contributed by atoms with Crippen LogP contribution in [-0.4, -0.2) is 28.2 Å². The van der Waals surface area contributed by atoms with Crippen LogP contribution in [0.2, 0.25) is 0 Å². The Labute approximate surface area is 111 Å². The largest absolute Gasteiger partial charge is 0.504 e. The van der Waals surface area contributed by atoms with Gasteiger partial charge in [-0.1, -0.05) is 12.1 Å². The first kappa shape index (κ1) is 13.1. The Bertz CT molecular complexity index is 516. The summed E-state index contributed by atoms with van der Waals surface area (Å²) in [4.78, 5) is 8.21. The lowest BCUT2D eigenvalue weighted by molar-refractivity contribution is 0.409. The van der Waals surface area contributed by atoms with Crippen molar-refractivity contribution in [3.05, 3.63) is 36.7 Å². The van der Waals surface area contributed by atoms with E-state index < -0.39 is 0 Å².